The summed E-state index contributed by atoms with van der Waals surface area (Å²) in [6, 6.07) is 4.91. The molecular weight excluding hydrogens is 246 g/mol. The number of benzene rings is 1. The third-order valence-corrected chi connectivity index (χ3v) is 2.29. The predicted molar refractivity (Wildman–Crippen MR) is 72.4 cm³/mol. The molecule has 5 nitrogen and oxygen atoms in total. The van der Waals surface area contributed by atoms with E-state index in [0.717, 1.165) is 0 Å². The SMILES string of the molecule is COC(=O)c1cc(OCC(C)C)ccc1NC(C)=O. The largest absolute Gasteiger partial charge is 0.493 e. The van der Waals surface area contributed by atoms with E-state index in [2.05, 4.69) is 5.32 Å². The Balaban J connectivity index is 3.00. The predicted octanol–water partition coefficient (Wildman–Crippen LogP) is 2.47. The molecule has 1 aromatic carbocycles. The number of carbonyl (C=O) groups excluding carboxylic acids is 2. The maximum Gasteiger partial charge on any atom is 0.340 e. The zero-order chi connectivity index (χ0) is 14.4. The van der Waals surface area contributed by atoms with E-state index in [-0.39, 0.29) is 11.5 Å². The van der Waals surface area contributed by atoms with E-state index in [1.165, 1.54) is 14.0 Å². The second-order valence-electron chi connectivity index (χ2n) is 4.59. The first-order valence-corrected chi connectivity index (χ1v) is 6.06. The molecule has 0 spiro atoms. The van der Waals surface area contributed by atoms with Crippen LogP contribution in [0.5, 0.6) is 5.75 Å². The van der Waals surface area contributed by atoms with Crippen LogP contribution in [0.3, 0.4) is 0 Å². The second kappa shape index (κ2) is 6.78. The lowest BCUT2D eigenvalue weighted by Crippen LogP contribution is -2.12. The van der Waals surface area contributed by atoms with E-state index in [0.29, 0.717) is 24.0 Å². The molecule has 0 fully saturated rings. The molecule has 1 rings (SSSR count). The van der Waals surface area contributed by atoms with Crippen molar-refractivity contribution in [2.24, 2.45) is 5.92 Å². The molecule has 0 aliphatic rings. The van der Waals surface area contributed by atoms with Gasteiger partial charge in [0.25, 0.3) is 0 Å². The van der Waals surface area contributed by atoms with Gasteiger partial charge in [-0.1, -0.05) is 13.8 Å². The van der Waals surface area contributed by atoms with Gasteiger partial charge in [0.05, 0.1) is 25.0 Å². The zero-order valence-electron chi connectivity index (χ0n) is 11.6. The van der Waals surface area contributed by atoms with Gasteiger partial charge in [0.15, 0.2) is 0 Å². The molecule has 0 saturated heterocycles. The molecular formula is C14H19NO4. The molecule has 1 amide bonds. The van der Waals surface area contributed by atoms with Gasteiger partial charge >= 0.3 is 5.97 Å². The maximum atomic E-state index is 11.7. The van der Waals surface area contributed by atoms with E-state index in [1.54, 1.807) is 18.2 Å². The minimum Gasteiger partial charge on any atom is -0.493 e. The fourth-order valence-electron chi connectivity index (χ4n) is 1.45. The molecule has 1 N–H and O–H groups in total. The van der Waals surface area contributed by atoms with Crippen LogP contribution in [0.4, 0.5) is 5.69 Å². The van der Waals surface area contributed by atoms with Crippen molar-refractivity contribution in [3.05, 3.63) is 23.8 Å². The first kappa shape index (κ1) is 15.0. The van der Waals surface area contributed by atoms with Crippen molar-refractivity contribution >= 4 is 17.6 Å². The van der Waals surface area contributed by atoms with Crippen molar-refractivity contribution < 1.29 is 19.1 Å². The monoisotopic (exact) mass is 265 g/mol. The second-order valence-corrected chi connectivity index (χ2v) is 4.59. The van der Waals surface area contributed by atoms with Gasteiger partial charge in [0.1, 0.15) is 5.75 Å². The Kier molecular flexibility index (Phi) is 5.36. The molecule has 5 heteroatoms. The van der Waals surface area contributed by atoms with E-state index < -0.39 is 5.97 Å². The van der Waals surface area contributed by atoms with E-state index >= 15 is 0 Å². The Bertz CT molecular complexity index is 469. The minimum absolute atomic E-state index is 0.249. The highest BCUT2D eigenvalue weighted by Crippen LogP contribution is 2.23. The van der Waals surface area contributed by atoms with Crippen LogP contribution >= 0.6 is 0 Å². The first-order valence-electron chi connectivity index (χ1n) is 6.06. The summed E-state index contributed by atoms with van der Waals surface area (Å²) in [6.07, 6.45) is 0. The summed E-state index contributed by atoms with van der Waals surface area (Å²) in [7, 11) is 1.29. The summed E-state index contributed by atoms with van der Waals surface area (Å²) in [6.45, 7) is 6.00. The lowest BCUT2D eigenvalue weighted by Gasteiger charge is -2.12. The highest BCUT2D eigenvalue weighted by molar-refractivity contribution is 6.01. The molecule has 104 valence electrons. The van der Waals surface area contributed by atoms with Gasteiger partial charge in [0.2, 0.25) is 5.91 Å². The molecule has 0 saturated carbocycles. The molecule has 0 aliphatic heterocycles. The Morgan fingerprint density at radius 2 is 2.00 bits per heavy atom. The zero-order valence-corrected chi connectivity index (χ0v) is 11.6. The molecule has 0 atom stereocenters. The van der Waals surface area contributed by atoms with Crippen LogP contribution < -0.4 is 10.1 Å². The Morgan fingerprint density at radius 3 is 2.53 bits per heavy atom. The molecule has 0 aliphatic carbocycles. The summed E-state index contributed by atoms with van der Waals surface area (Å²) >= 11 is 0. The van der Waals surface area contributed by atoms with Gasteiger partial charge in [0, 0.05) is 6.92 Å². The van der Waals surface area contributed by atoms with Gasteiger partial charge < -0.3 is 14.8 Å². The number of rotatable bonds is 5. The van der Waals surface area contributed by atoms with Gasteiger partial charge in [-0.05, 0) is 24.1 Å². The molecule has 0 radical (unpaired) electrons. The average molecular weight is 265 g/mol. The summed E-state index contributed by atoms with van der Waals surface area (Å²) < 4.78 is 10.2. The smallest absolute Gasteiger partial charge is 0.340 e. The third-order valence-electron chi connectivity index (χ3n) is 2.29. The fourth-order valence-corrected chi connectivity index (χ4v) is 1.45. The fraction of sp³-hybridized carbons (Fsp3) is 0.429. The van der Waals surface area contributed by atoms with Crippen molar-refractivity contribution in [3.63, 3.8) is 0 Å². The van der Waals surface area contributed by atoms with Crippen molar-refractivity contribution in [2.75, 3.05) is 19.0 Å². The summed E-state index contributed by atoms with van der Waals surface area (Å²) in [5.41, 5.74) is 0.690. The van der Waals surface area contributed by atoms with Crippen molar-refractivity contribution in [1.82, 2.24) is 0 Å². The lowest BCUT2D eigenvalue weighted by atomic mass is 10.1. The topological polar surface area (TPSA) is 64.6 Å². The van der Waals surface area contributed by atoms with Crippen LogP contribution in [0, 0.1) is 5.92 Å². The van der Waals surface area contributed by atoms with Crippen molar-refractivity contribution in [1.29, 1.82) is 0 Å². The molecule has 0 aromatic heterocycles. The molecule has 0 heterocycles. The molecule has 0 bridgehead atoms. The van der Waals surface area contributed by atoms with Gasteiger partial charge in [-0.2, -0.15) is 0 Å². The maximum absolute atomic E-state index is 11.7. The van der Waals surface area contributed by atoms with Crippen molar-refractivity contribution in [2.45, 2.75) is 20.8 Å². The van der Waals surface area contributed by atoms with E-state index in [4.69, 9.17) is 9.47 Å². The van der Waals surface area contributed by atoms with Crippen LogP contribution in [0.2, 0.25) is 0 Å². The number of hydrogen-bond donors (Lipinski definition) is 1. The molecule has 0 unspecified atom stereocenters. The number of carbonyl (C=O) groups is 2. The van der Waals surface area contributed by atoms with Gasteiger partial charge in [-0.25, -0.2) is 4.79 Å². The van der Waals surface area contributed by atoms with Crippen LogP contribution in [0.1, 0.15) is 31.1 Å². The van der Waals surface area contributed by atoms with E-state index in [9.17, 15) is 9.59 Å². The van der Waals surface area contributed by atoms with Gasteiger partial charge in [-0.15, -0.1) is 0 Å². The Morgan fingerprint density at radius 1 is 1.32 bits per heavy atom. The number of esters is 1. The van der Waals surface area contributed by atoms with Crippen LogP contribution in [0.15, 0.2) is 18.2 Å². The van der Waals surface area contributed by atoms with Crippen LogP contribution in [-0.4, -0.2) is 25.6 Å². The van der Waals surface area contributed by atoms with Crippen LogP contribution in [-0.2, 0) is 9.53 Å². The highest BCUT2D eigenvalue weighted by atomic mass is 16.5. The number of hydrogen-bond acceptors (Lipinski definition) is 4. The quantitative estimate of drug-likeness (QED) is 0.831. The number of nitrogens with one attached hydrogen (secondary N) is 1. The molecule has 1 aromatic rings. The average Bonchev–Trinajstić information content (AvgIpc) is 2.35. The Labute approximate surface area is 112 Å². The number of anilines is 1. The normalized spacial score (nSPS) is 10.2. The standard InChI is InChI=1S/C14H19NO4/c1-9(2)8-19-11-5-6-13(15-10(3)16)12(7-11)14(17)18-4/h5-7,9H,8H2,1-4H3,(H,15,16). The first-order chi connectivity index (χ1) is 8.93. The summed E-state index contributed by atoms with van der Waals surface area (Å²) in [4.78, 5) is 22.8. The third kappa shape index (κ3) is 4.62. The number of amides is 1. The Hall–Kier alpha value is -2.04. The number of ether oxygens (including phenoxy) is 2. The van der Waals surface area contributed by atoms with Gasteiger partial charge in [-0.3, -0.25) is 4.79 Å². The van der Waals surface area contributed by atoms with Crippen molar-refractivity contribution in [3.8, 4) is 5.75 Å². The highest BCUT2D eigenvalue weighted by Gasteiger charge is 2.14. The minimum atomic E-state index is -0.515. The summed E-state index contributed by atoms with van der Waals surface area (Å²) in [5, 5.41) is 2.59. The number of methoxy groups -OCH3 is 1. The summed E-state index contributed by atoms with van der Waals surface area (Å²) in [5.74, 6) is 0.194. The van der Waals surface area contributed by atoms with Crippen LogP contribution in [0.25, 0.3) is 0 Å². The lowest BCUT2D eigenvalue weighted by molar-refractivity contribution is -0.114. The van der Waals surface area contributed by atoms with E-state index in [1.807, 2.05) is 13.8 Å². The molecule has 19 heavy (non-hydrogen) atoms.